The van der Waals surface area contributed by atoms with E-state index >= 15 is 0 Å². The van der Waals surface area contributed by atoms with Crippen LogP contribution in [0.4, 0.5) is 0 Å². The van der Waals surface area contributed by atoms with Gasteiger partial charge in [0.05, 0.1) is 22.7 Å². The Hall–Kier alpha value is -1.74. The Bertz CT molecular complexity index is 713. The molecule has 3 rings (SSSR count). The van der Waals surface area contributed by atoms with Gasteiger partial charge >= 0.3 is 0 Å². The Balaban J connectivity index is 2.00. The second-order valence-electron chi connectivity index (χ2n) is 5.06. The maximum atomic E-state index is 6.27. The molecule has 3 aromatic rings. The van der Waals surface area contributed by atoms with Crippen molar-refractivity contribution in [1.82, 2.24) is 9.55 Å². The number of aryl methyl sites for hydroxylation is 3. The molecule has 0 N–H and O–H groups in total. The maximum absolute atomic E-state index is 6.27. The van der Waals surface area contributed by atoms with Gasteiger partial charge in [-0.1, -0.05) is 6.07 Å². The first-order chi connectivity index (χ1) is 9.65. The Morgan fingerprint density at radius 3 is 2.90 bits per heavy atom. The van der Waals surface area contributed by atoms with Crippen LogP contribution >= 0.6 is 11.6 Å². The molecule has 1 unspecified atom stereocenters. The van der Waals surface area contributed by atoms with Crippen LogP contribution in [-0.2, 0) is 13.0 Å². The highest BCUT2D eigenvalue weighted by atomic mass is 35.5. The number of aromatic nitrogens is 2. The third-order valence-electron chi connectivity index (χ3n) is 3.45. The Morgan fingerprint density at radius 2 is 2.20 bits per heavy atom. The van der Waals surface area contributed by atoms with Crippen molar-refractivity contribution in [3.63, 3.8) is 0 Å². The number of halogens is 1. The summed E-state index contributed by atoms with van der Waals surface area (Å²) in [5, 5.41) is -0.112. The highest BCUT2D eigenvalue weighted by molar-refractivity contribution is 6.20. The molecule has 0 saturated heterocycles. The fraction of sp³-hybridized carbons (Fsp3) is 0.312. The van der Waals surface area contributed by atoms with E-state index in [2.05, 4.69) is 34.7 Å². The van der Waals surface area contributed by atoms with Gasteiger partial charge in [0.2, 0.25) is 0 Å². The lowest BCUT2D eigenvalue weighted by molar-refractivity contribution is 0.490. The van der Waals surface area contributed by atoms with E-state index in [1.54, 1.807) is 6.26 Å². The molecule has 104 valence electrons. The minimum Gasteiger partial charge on any atom is -0.469 e. The lowest BCUT2D eigenvalue weighted by atomic mass is 10.2. The number of hydrogen-bond donors (Lipinski definition) is 0. The van der Waals surface area contributed by atoms with Crippen molar-refractivity contribution in [2.75, 3.05) is 0 Å². The van der Waals surface area contributed by atoms with Gasteiger partial charge in [-0.05, 0) is 43.7 Å². The second-order valence-corrected chi connectivity index (χ2v) is 5.71. The number of nitrogens with zero attached hydrogens (tertiary/aromatic N) is 2. The van der Waals surface area contributed by atoms with Crippen molar-refractivity contribution in [2.45, 2.75) is 32.2 Å². The zero-order valence-electron chi connectivity index (χ0n) is 11.6. The van der Waals surface area contributed by atoms with Crippen molar-refractivity contribution in [1.29, 1.82) is 0 Å². The van der Waals surface area contributed by atoms with E-state index in [1.165, 1.54) is 5.56 Å². The topological polar surface area (TPSA) is 31.0 Å². The Morgan fingerprint density at radius 1 is 1.35 bits per heavy atom. The summed E-state index contributed by atoms with van der Waals surface area (Å²) in [6.07, 6.45) is 2.54. The molecular formula is C16H17ClN2O. The largest absolute Gasteiger partial charge is 0.469 e. The SMILES string of the molecule is Cc1ccc2c(c1)nc(C(C)Cl)n2CCc1ccco1. The molecule has 0 bridgehead atoms. The van der Waals surface area contributed by atoms with Crippen LogP contribution in [-0.4, -0.2) is 9.55 Å². The maximum Gasteiger partial charge on any atom is 0.127 e. The van der Waals surface area contributed by atoms with Gasteiger partial charge in [-0.25, -0.2) is 4.98 Å². The monoisotopic (exact) mass is 288 g/mol. The average Bonchev–Trinajstić information content (AvgIpc) is 3.02. The third kappa shape index (κ3) is 2.46. The van der Waals surface area contributed by atoms with Crippen LogP contribution in [0, 0.1) is 6.92 Å². The molecule has 0 aliphatic carbocycles. The van der Waals surface area contributed by atoms with Gasteiger partial charge in [-0.15, -0.1) is 11.6 Å². The molecule has 0 radical (unpaired) electrons. The predicted molar refractivity (Wildman–Crippen MR) is 81.2 cm³/mol. The summed E-state index contributed by atoms with van der Waals surface area (Å²) in [4.78, 5) is 4.67. The summed E-state index contributed by atoms with van der Waals surface area (Å²) in [5.41, 5.74) is 3.35. The van der Waals surface area contributed by atoms with Crippen molar-refractivity contribution in [2.24, 2.45) is 0 Å². The Labute approximate surface area is 123 Å². The van der Waals surface area contributed by atoms with Crippen LogP contribution in [0.3, 0.4) is 0 Å². The van der Waals surface area contributed by atoms with Crippen LogP contribution in [0.25, 0.3) is 11.0 Å². The molecule has 0 fully saturated rings. The molecule has 4 heteroatoms. The van der Waals surface area contributed by atoms with Crippen molar-refractivity contribution in [3.05, 3.63) is 53.7 Å². The first-order valence-corrected chi connectivity index (χ1v) is 7.22. The molecule has 1 atom stereocenters. The van der Waals surface area contributed by atoms with Gasteiger partial charge in [-0.3, -0.25) is 0 Å². The standard InChI is InChI=1S/C16H17ClN2O/c1-11-5-6-15-14(10-11)18-16(12(2)17)19(15)8-7-13-4-3-9-20-13/h3-6,9-10,12H,7-8H2,1-2H3. The molecule has 3 nitrogen and oxygen atoms in total. The number of hydrogen-bond acceptors (Lipinski definition) is 2. The number of imidazole rings is 1. The van der Waals surface area contributed by atoms with Crippen LogP contribution < -0.4 is 0 Å². The number of benzene rings is 1. The number of furan rings is 1. The van der Waals surface area contributed by atoms with E-state index in [1.807, 2.05) is 19.1 Å². The average molecular weight is 289 g/mol. The van der Waals surface area contributed by atoms with Crippen LogP contribution in [0.5, 0.6) is 0 Å². The minimum atomic E-state index is -0.112. The predicted octanol–water partition coefficient (Wildman–Crippen LogP) is 4.48. The summed E-state index contributed by atoms with van der Waals surface area (Å²) in [5.74, 6) is 1.89. The van der Waals surface area contributed by atoms with E-state index in [0.29, 0.717) is 0 Å². The molecule has 1 aromatic carbocycles. The van der Waals surface area contributed by atoms with Gasteiger partial charge in [0, 0.05) is 13.0 Å². The van der Waals surface area contributed by atoms with Gasteiger partial charge in [-0.2, -0.15) is 0 Å². The summed E-state index contributed by atoms with van der Waals surface area (Å²) in [7, 11) is 0. The summed E-state index contributed by atoms with van der Waals surface area (Å²) < 4.78 is 7.59. The van der Waals surface area contributed by atoms with Crippen molar-refractivity contribution >= 4 is 22.6 Å². The zero-order valence-corrected chi connectivity index (χ0v) is 12.4. The molecule has 2 aromatic heterocycles. The first-order valence-electron chi connectivity index (χ1n) is 6.78. The van der Waals surface area contributed by atoms with E-state index in [0.717, 1.165) is 35.6 Å². The molecule has 20 heavy (non-hydrogen) atoms. The fourth-order valence-corrected chi connectivity index (χ4v) is 2.64. The Kier molecular flexibility index (Phi) is 3.53. The summed E-state index contributed by atoms with van der Waals surface area (Å²) in [6.45, 7) is 4.85. The fourth-order valence-electron chi connectivity index (χ4n) is 2.47. The van der Waals surface area contributed by atoms with Crippen molar-refractivity contribution in [3.8, 4) is 0 Å². The van der Waals surface area contributed by atoms with E-state index < -0.39 is 0 Å². The van der Waals surface area contributed by atoms with Gasteiger partial charge in [0.1, 0.15) is 11.6 Å². The van der Waals surface area contributed by atoms with Crippen LogP contribution in [0.2, 0.25) is 0 Å². The normalized spacial score (nSPS) is 12.9. The molecule has 0 spiro atoms. The highest BCUT2D eigenvalue weighted by Gasteiger charge is 2.15. The number of rotatable bonds is 4. The molecule has 0 saturated carbocycles. The second kappa shape index (κ2) is 5.33. The molecule has 2 heterocycles. The molecule has 0 aliphatic rings. The first kappa shape index (κ1) is 13.3. The molecular weight excluding hydrogens is 272 g/mol. The van der Waals surface area contributed by atoms with Crippen LogP contribution in [0.15, 0.2) is 41.0 Å². The zero-order chi connectivity index (χ0) is 14.1. The van der Waals surface area contributed by atoms with Gasteiger partial charge in [0.25, 0.3) is 0 Å². The minimum absolute atomic E-state index is 0.112. The van der Waals surface area contributed by atoms with E-state index in [9.17, 15) is 0 Å². The van der Waals surface area contributed by atoms with Crippen LogP contribution in [0.1, 0.15) is 29.4 Å². The van der Waals surface area contributed by atoms with Crippen molar-refractivity contribution < 1.29 is 4.42 Å². The molecule has 0 amide bonds. The van der Waals surface area contributed by atoms with Gasteiger partial charge < -0.3 is 8.98 Å². The smallest absolute Gasteiger partial charge is 0.127 e. The summed E-state index contributed by atoms with van der Waals surface area (Å²) >= 11 is 6.27. The lowest BCUT2D eigenvalue weighted by Gasteiger charge is -2.09. The summed E-state index contributed by atoms with van der Waals surface area (Å²) in [6, 6.07) is 10.2. The van der Waals surface area contributed by atoms with Gasteiger partial charge in [0.15, 0.2) is 0 Å². The third-order valence-corrected chi connectivity index (χ3v) is 3.65. The van der Waals surface area contributed by atoms with E-state index in [-0.39, 0.29) is 5.38 Å². The number of alkyl halides is 1. The number of fused-ring (bicyclic) bond motifs is 1. The van der Waals surface area contributed by atoms with E-state index in [4.69, 9.17) is 16.0 Å². The molecule has 0 aliphatic heterocycles. The lowest BCUT2D eigenvalue weighted by Crippen LogP contribution is -2.06. The highest BCUT2D eigenvalue weighted by Crippen LogP contribution is 2.25. The quantitative estimate of drug-likeness (QED) is 0.663.